The molecule has 0 N–H and O–H groups in total. The van der Waals surface area contributed by atoms with Crippen LogP contribution in [0.1, 0.15) is 25.8 Å². The summed E-state index contributed by atoms with van der Waals surface area (Å²) in [6.45, 7) is 6.94. The van der Waals surface area contributed by atoms with E-state index in [9.17, 15) is 4.39 Å². The van der Waals surface area contributed by atoms with Crippen molar-refractivity contribution in [2.24, 2.45) is 5.92 Å². The molecule has 1 saturated heterocycles. The molecule has 0 radical (unpaired) electrons. The highest BCUT2D eigenvalue weighted by Crippen LogP contribution is 2.23. The van der Waals surface area contributed by atoms with Crippen LogP contribution in [-0.2, 0) is 6.42 Å². The molecule has 16 heavy (non-hydrogen) atoms. The van der Waals surface area contributed by atoms with E-state index in [-0.39, 0.29) is 5.82 Å². The molecule has 0 amide bonds. The fraction of sp³-hybridized carbons (Fsp3) is 0.571. The summed E-state index contributed by atoms with van der Waals surface area (Å²) in [7, 11) is 0. The highest BCUT2D eigenvalue weighted by Gasteiger charge is 2.26. The van der Waals surface area contributed by atoms with Crippen LogP contribution in [0.5, 0.6) is 0 Å². The van der Waals surface area contributed by atoms with Crippen LogP contribution in [0.4, 0.5) is 4.39 Å². The lowest BCUT2D eigenvalue weighted by Gasteiger charge is -2.22. The molecule has 1 nitrogen and oxygen atoms in total. The number of benzene rings is 1. The van der Waals surface area contributed by atoms with E-state index in [4.69, 9.17) is 0 Å². The van der Waals surface area contributed by atoms with Gasteiger partial charge >= 0.3 is 0 Å². The summed E-state index contributed by atoms with van der Waals surface area (Å²) in [5, 5.41) is 0. The van der Waals surface area contributed by atoms with E-state index in [0.717, 1.165) is 18.9 Å². The molecule has 2 rings (SSSR count). The Labute approximate surface area is 97.3 Å². The van der Waals surface area contributed by atoms with Crippen molar-refractivity contribution < 1.29 is 4.39 Å². The monoisotopic (exact) mass is 221 g/mol. The Morgan fingerprint density at radius 1 is 1.25 bits per heavy atom. The molecule has 1 aromatic carbocycles. The van der Waals surface area contributed by atoms with E-state index in [1.54, 1.807) is 12.1 Å². The fourth-order valence-electron chi connectivity index (χ4n) is 2.41. The molecule has 1 heterocycles. The first kappa shape index (κ1) is 11.6. The number of likely N-dealkylation sites (tertiary alicyclic amines) is 1. The predicted octanol–water partition coefficient (Wildman–Crippen LogP) is 3.10. The maximum atomic E-state index is 12.7. The van der Waals surface area contributed by atoms with Crippen LogP contribution in [0, 0.1) is 11.7 Å². The minimum absolute atomic E-state index is 0.146. The minimum Gasteiger partial charge on any atom is -0.300 e. The summed E-state index contributed by atoms with van der Waals surface area (Å²) >= 11 is 0. The zero-order chi connectivity index (χ0) is 11.5. The number of nitrogens with zero attached hydrogens (tertiary/aromatic N) is 1. The average molecular weight is 221 g/mol. The summed E-state index contributed by atoms with van der Waals surface area (Å²) < 4.78 is 12.7. The maximum absolute atomic E-state index is 12.7. The van der Waals surface area contributed by atoms with Gasteiger partial charge in [0, 0.05) is 12.6 Å². The zero-order valence-electron chi connectivity index (χ0n) is 10.1. The van der Waals surface area contributed by atoms with Gasteiger partial charge < -0.3 is 4.90 Å². The van der Waals surface area contributed by atoms with Crippen LogP contribution in [0.25, 0.3) is 0 Å². The Kier molecular flexibility index (Phi) is 3.59. The SMILES string of the molecule is CC1CCN(CCc2ccc(F)cc2)[C@H]1C. The second kappa shape index (κ2) is 4.96. The van der Waals surface area contributed by atoms with Crippen LogP contribution in [0.3, 0.4) is 0 Å². The number of rotatable bonds is 3. The Balaban J connectivity index is 1.86. The molecule has 0 aliphatic carbocycles. The van der Waals surface area contributed by atoms with E-state index in [1.807, 2.05) is 12.1 Å². The largest absolute Gasteiger partial charge is 0.300 e. The smallest absolute Gasteiger partial charge is 0.123 e. The first-order valence-corrected chi connectivity index (χ1v) is 6.15. The van der Waals surface area contributed by atoms with Crippen molar-refractivity contribution in [3.8, 4) is 0 Å². The van der Waals surface area contributed by atoms with Gasteiger partial charge in [0.1, 0.15) is 5.82 Å². The van der Waals surface area contributed by atoms with Crippen molar-refractivity contribution in [3.63, 3.8) is 0 Å². The van der Waals surface area contributed by atoms with E-state index in [1.165, 1.54) is 18.5 Å². The third-order valence-corrected chi connectivity index (χ3v) is 3.87. The van der Waals surface area contributed by atoms with Gasteiger partial charge in [0.15, 0.2) is 0 Å². The van der Waals surface area contributed by atoms with E-state index in [0.29, 0.717) is 6.04 Å². The van der Waals surface area contributed by atoms with Gasteiger partial charge in [-0.3, -0.25) is 0 Å². The molecule has 0 saturated carbocycles. The molecule has 1 aromatic rings. The standard InChI is InChI=1S/C14H20FN/c1-11-7-9-16(12(11)2)10-8-13-3-5-14(15)6-4-13/h3-6,11-12H,7-10H2,1-2H3/t11?,12-/m0/s1. The third-order valence-electron chi connectivity index (χ3n) is 3.87. The molecule has 88 valence electrons. The van der Waals surface area contributed by atoms with Crippen LogP contribution < -0.4 is 0 Å². The van der Waals surface area contributed by atoms with Crippen molar-refractivity contribution >= 4 is 0 Å². The molecular weight excluding hydrogens is 201 g/mol. The van der Waals surface area contributed by atoms with E-state index < -0.39 is 0 Å². The van der Waals surface area contributed by atoms with Crippen molar-refractivity contribution in [2.45, 2.75) is 32.7 Å². The average Bonchev–Trinajstić information content (AvgIpc) is 2.60. The van der Waals surface area contributed by atoms with Gasteiger partial charge in [0.05, 0.1) is 0 Å². The van der Waals surface area contributed by atoms with Crippen LogP contribution in [0.15, 0.2) is 24.3 Å². The molecule has 0 bridgehead atoms. The minimum atomic E-state index is -0.146. The van der Waals surface area contributed by atoms with Crippen molar-refractivity contribution in [2.75, 3.05) is 13.1 Å². The van der Waals surface area contributed by atoms with Crippen molar-refractivity contribution in [3.05, 3.63) is 35.6 Å². The second-order valence-corrected chi connectivity index (χ2v) is 4.92. The van der Waals surface area contributed by atoms with Gasteiger partial charge in [0.25, 0.3) is 0 Å². The van der Waals surface area contributed by atoms with Crippen molar-refractivity contribution in [1.29, 1.82) is 0 Å². The molecule has 1 fully saturated rings. The molecule has 1 aliphatic rings. The first-order valence-electron chi connectivity index (χ1n) is 6.15. The van der Waals surface area contributed by atoms with Crippen LogP contribution in [0.2, 0.25) is 0 Å². The Morgan fingerprint density at radius 2 is 1.94 bits per heavy atom. The maximum Gasteiger partial charge on any atom is 0.123 e. The van der Waals surface area contributed by atoms with E-state index in [2.05, 4.69) is 18.7 Å². The summed E-state index contributed by atoms with van der Waals surface area (Å²) in [6, 6.07) is 7.57. The lowest BCUT2D eigenvalue weighted by Crippen LogP contribution is -2.31. The predicted molar refractivity (Wildman–Crippen MR) is 64.9 cm³/mol. The first-order chi connectivity index (χ1) is 7.66. The van der Waals surface area contributed by atoms with Gasteiger partial charge in [-0.1, -0.05) is 19.1 Å². The molecule has 1 unspecified atom stereocenters. The van der Waals surface area contributed by atoms with Crippen LogP contribution >= 0.6 is 0 Å². The highest BCUT2D eigenvalue weighted by atomic mass is 19.1. The molecule has 0 aromatic heterocycles. The second-order valence-electron chi connectivity index (χ2n) is 4.92. The highest BCUT2D eigenvalue weighted by molar-refractivity contribution is 5.16. The molecule has 2 heteroatoms. The molecule has 1 aliphatic heterocycles. The summed E-state index contributed by atoms with van der Waals surface area (Å²) in [5.74, 6) is 0.667. The van der Waals surface area contributed by atoms with Gasteiger partial charge in [-0.25, -0.2) is 4.39 Å². The summed E-state index contributed by atoms with van der Waals surface area (Å²) in [4.78, 5) is 2.54. The van der Waals surface area contributed by atoms with Gasteiger partial charge in [-0.2, -0.15) is 0 Å². The number of halogens is 1. The third kappa shape index (κ3) is 2.62. The Hall–Kier alpha value is -0.890. The van der Waals surface area contributed by atoms with Gasteiger partial charge in [-0.05, 0) is 49.9 Å². The lowest BCUT2D eigenvalue weighted by atomic mass is 10.1. The number of hydrogen-bond acceptors (Lipinski definition) is 1. The van der Waals surface area contributed by atoms with Crippen molar-refractivity contribution in [1.82, 2.24) is 4.90 Å². The molecule has 0 spiro atoms. The fourth-order valence-corrected chi connectivity index (χ4v) is 2.41. The molecule has 2 atom stereocenters. The molecular formula is C14H20FN. The topological polar surface area (TPSA) is 3.24 Å². The lowest BCUT2D eigenvalue weighted by molar-refractivity contribution is 0.250. The van der Waals surface area contributed by atoms with Crippen LogP contribution in [-0.4, -0.2) is 24.0 Å². The summed E-state index contributed by atoms with van der Waals surface area (Å²) in [6.07, 6.45) is 2.34. The quantitative estimate of drug-likeness (QED) is 0.758. The summed E-state index contributed by atoms with van der Waals surface area (Å²) in [5.41, 5.74) is 1.23. The Bertz CT molecular complexity index is 333. The van der Waals surface area contributed by atoms with Gasteiger partial charge in [-0.15, -0.1) is 0 Å². The van der Waals surface area contributed by atoms with Gasteiger partial charge in [0.2, 0.25) is 0 Å². The zero-order valence-corrected chi connectivity index (χ0v) is 10.1. The number of hydrogen-bond donors (Lipinski definition) is 0. The Morgan fingerprint density at radius 3 is 2.50 bits per heavy atom. The normalized spacial score (nSPS) is 26.2. The van der Waals surface area contributed by atoms with E-state index >= 15 is 0 Å².